The standard InChI is InChI=1S/C27H37N3O4/c1-20(29-10-13-33-14-11-29)22-6-7-25-26(16-22)34-15-12-30(27(25)32)19-24(31)18-28-9-8-21-4-2-3-5-23(21)17-28/h2-7,20,22,24,31H,8-19H2,1H3/t20?,22?,24-/m1/s1. The molecule has 1 amide bonds. The zero-order valence-electron chi connectivity index (χ0n) is 20.2. The summed E-state index contributed by atoms with van der Waals surface area (Å²) in [5.74, 6) is 1.11. The molecule has 0 aromatic heterocycles. The molecule has 7 nitrogen and oxygen atoms in total. The maximum Gasteiger partial charge on any atom is 0.257 e. The highest BCUT2D eigenvalue weighted by atomic mass is 16.5. The number of nitrogens with zero attached hydrogens (tertiary/aromatic N) is 3. The Balaban J connectivity index is 1.17. The number of allylic oxidation sites excluding steroid dienone is 1. The van der Waals surface area contributed by atoms with E-state index in [0.29, 0.717) is 43.8 Å². The molecule has 1 saturated heterocycles. The van der Waals surface area contributed by atoms with E-state index in [-0.39, 0.29) is 5.91 Å². The van der Waals surface area contributed by atoms with Gasteiger partial charge in [-0.2, -0.15) is 0 Å². The van der Waals surface area contributed by atoms with E-state index >= 15 is 0 Å². The van der Waals surface area contributed by atoms with Crippen molar-refractivity contribution in [1.29, 1.82) is 0 Å². The number of fused-ring (bicyclic) bond motifs is 1. The average molecular weight is 468 g/mol. The van der Waals surface area contributed by atoms with Gasteiger partial charge in [0, 0.05) is 51.7 Å². The van der Waals surface area contributed by atoms with Gasteiger partial charge in [0.15, 0.2) is 0 Å². The molecule has 3 aliphatic heterocycles. The van der Waals surface area contributed by atoms with Crippen molar-refractivity contribution in [2.75, 3.05) is 59.1 Å². The normalized spacial score (nSPS) is 25.9. The summed E-state index contributed by atoms with van der Waals surface area (Å²) in [5.41, 5.74) is 3.39. The first-order valence-corrected chi connectivity index (χ1v) is 12.7. The lowest BCUT2D eigenvalue weighted by atomic mass is 9.88. The van der Waals surface area contributed by atoms with Gasteiger partial charge in [0.25, 0.3) is 5.91 Å². The van der Waals surface area contributed by atoms with Gasteiger partial charge in [-0.05, 0) is 36.5 Å². The Labute approximate surface area is 202 Å². The molecule has 1 aliphatic carbocycles. The minimum absolute atomic E-state index is 0.0238. The molecule has 4 aliphatic rings. The van der Waals surface area contributed by atoms with Crippen LogP contribution in [0.4, 0.5) is 0 Å². The molecule has 1 N–H and O–H groups in total. The number of morpholine rings is 1. The SMILES string of the molecule is CC(C1C=CC2=C(C1)OCCN(C[C@H](O)CN1CCc3ccccc3C1)C2=O)N1CCOCC1. The highest BCUT2D eigenvalue weighted by molar-refractivity contribution is 5.97. The molecule has 5 rings (SSSR count). The lowest BCUT2D eigenvalue weighted by molar-refractivity contribution is -0.128. The van der Waals surface area contributed by atoms with Crippen LogP contribution in [0.1, 0.15) is 24.5 Å². The van der Waals surface area contributed by atoms with Crippen molar-refractivity contribution in [3.63, 3.8) is 0 Å². The van der Waals surface area contributed by atoms with Crippen LogP contribution in [0.15, 0.2) is 47.7 Å². The van der Waals surface area contributed by atoms with Crippen LogP contribution in [-0.4, -0.2) is 96.9 Å². The summed E-state index contributed by atoms with van der Waals surface area (Å²) < 4.78 is 11.6. The Bertz CT molecular complexity index is 940. The Morgan fingerprint density at radius 1 is 1.06 bits per heavy atom. The largest absolute Gasteiger partial charge is 0.495 e. The molecule has 0 radical (unpaired) electrons. The Kier molecular flexibility index (Phi) is 7.34. The minimum Gasteiger partial charge on any atom is -0.495 e. The van der Waals surface area contributed by atoms with Crippen LogP contribution in [-0.2, 0) is 27.2 Å². The van der Waals surface area contributed by atoms with E-state index < -0.39 is 6.10 Å². The van der Waals surface area contributed by atoms with Crippen molar-refractivity contribution in [2.45, 2.75) is 38.5 Å². The summed E-state index contributed by atoms with van der Waals surface area (Å²) in [6, 6.07) is 8.90. The molecule has 3 heterocycles. The minimum atomic E-state index is -0.585. The summed E-state index contributed by atoms with van der Waals surface area (Å²) in [6.07, 6.45) is 5.29. The summed E-state index contributed by atoms with van der Waals surface area (Å²) in [4.78, 5) is 19.8. The third-order valence-corrected chi connectivity index (χ3v) is 7.74. The van der Waals surface area contributed by atoms with Crippen molar-refractivity contribution in [2.24, 2.45) is 5.92 Å². The fourth-order valence-corrected chi connectivity index (χ4v) is 5.66. The number of hydrogen-bond donors (Lipinski definition) is 1. The van der Waals surface area contributed by atoms with Crippen molar-refractivity contribution < 1.29 is 19.4 Å². The zero-order valence-corrected chi connectivity index (χ0v) is 20.2. The van der Waals surface area contributed by atoms with Crippen LogP contribution in [0, 0.1) is 5.92 Å². The van der Waals surface area contributed by atoms with Crippen molar-refractivity contribution in [3.8, 4) is 0 Å². The molecular formula is C27H37N3O4. The summed E-state index contributed by atoms with van der Waals surface area (Å²) in [6.45, 7) is 9.39. The number of amides is 1. The van der Waals surface area contributed by atoms with Crippen LogP contribution in [0.25, 0.3) is 0 Å². The van der Waals surface area contributed by atoms with Gasteiger partial charge in [0.1, 0.15) is 12.4 Å². The number of aliphatic hydroxyl groups is 1. The molecular weight excluding hydrogens is 430 g/mol. The third kappa shape index (κ3) is 5.23. The van der Waals surface area contributed by atoms with E-state index in [4.69, 9.17) is 9.47 Å². The summed E-state index contributed by atoms with van der Waals surface area (Å²) in [7, 11) is 0. The van der Waals surface area contributed by atoms with Crippen LogP contribution >= 0.6 is 0 Å². The maximum absolute atomic E-state index is 13.3. The van der Waals surface area contributed by atoms with Crippen LogP contribution < -0.4 is 0 Å². The molecule has 184 valence electrons. The Morgan fingerprint density at radius 3 is 2.68 bits per heavy atom. The molecule has 0 spiro atoms. The first-order chi connectivity index (χ1) is 16.6. The van der Waals surface area contributed by atoms with E-state index in [1.165, 1.54) is 11.1 Å². The average Bonchev–Trinajstić information content (AvgIpc) is 3.02. The molecule has 1 fully saturated rings. The third-order valence-electron chi connectivity index (χ3n) is 7.74. The van der Waals surface area contributed by atoms with Gasteiger partial charge in [-0.3, -0.25) is 14.6 Å². The number of β-amino-alcohol motifs (C(OH)–C–C–N with tert-alkyl or cyclic N) is 1. The van der Waals surface area contributed by atoms with E-state index in [1.807, 2.05) is 6.08 Å². The van der Waals surface area contributed by atoms with Gasteiger partial charge in [-0.1, -0.05) is 30.3 Å². The van der Waals surface area contributed by atoms with Gasteiger partial charge in [0.05, 0.1) is 31.4 Å². The van der Waals surface area contributed by atoms with Gasteiger partial charge >= 0.3 is 0 Å². The van der Waals surface area contributed by atoms with Crippen LogP contribution in [0.2, 0.25) is 0 Å². The summed E-state index contributed by atoms with van der Waals surface area (Å²) in [5, 5.41) is 10.8. The predicted octanol–water partition coefficient (Wildman–Crippen LogP) is 1.82. The van der Waals surface area contributed by atoms with Crippen LogP contribution in [0.5, 0.6) is 0 Å². The van der Waals surface area contributed by atoms with E-state index in [1.54, 1.807) is 4.90 Å². The van der Waals surface area contributed by atoms with E-state index in [2.05, 4.69) is 47.1 Å². The molecule has 0 saturated carbocycles. The zero-order chi connectivity index (χ0) is 23.5. The van der Waals surface area contributed by atoms with Gasteiger partial charge < -0.3 is 19.5 Å². The fourth-order valence-electron chi connectivity index (χ4n) is 5.66. The number of ether oxygens (including phenoxy) is 2. The number of hydrogen-bond acceptors (Lipinski definition) is 6. The second kappa shape index (κ2) is 10.6. The van der Waals surface area contributed by atoms with E-state index in [9.17, 15) is 9.90 Å². The van der Waals surface area contributed by atoms with Crippen molar-refractivity contribution in [1.82, 2.24) is 14.7 Å². The number of carbonyl (C=O) groups excluding carboxylic acids is 1. The van der Waals surface area contributed by atoms with Gasteiger partial charge in [0.2, 0.25) is 0 Å². The molecule has 2 unspecified atom stereocenters. The molecule has 0 bridgehead atoms. The van der Waals surface area contributed by atoms with E-state index in [0.717, 1.165) is 58.0 Å². The fraction of sp³-hybridized carbons (Fsp3) is 0.593. The Hall–Kier alpha value is -2.19. The molecule has 1 aromatic carbocycles. The molecule has 7 heteroatoms. The number of rotatable bonds is 6. The number of benzene rings is 1. The first-order valence-electron chi connectivity index (χ1n) is 12.7. The smallest absolute Gasteiger partial charge is 0.257 e. The number of carbonyl (C=O) groups is 1. The second-order valence-electron chi connectivity index (χ2n) is 9.96. The summed E-state index contributed by atoms with van der Waals surface area (Å²) >= 11 is 0. The molecule has 3 atom stereocenters. The predicted molar refractivity (Wildman–Crippen MR) is 130 cm³/mol. The topological polar surface area (TPSA) is 65.5 Å². The lowest BCUT2D eigenvalue weighted by Gasteiger charge is -2.37. The van der Waals surface area contributed by atoms with Crippen molar-refractivity contribution in [3.05, 3.63) is 58.9 Å². The highest BCUT2D eigenvalue weighted by Gasteiger charge is 2.33. The maximum atomic E-state index is 13.3. The molecule has 1 aromatic rings. The monoisotopic (exact) mass is 467 g/mol. The van der Waals surface area contributed by atoms with Gasteiger partial charge in [-0.25, -0.2) is 0 Å². The quantitative estimate of drug-likeness (QED) is 0.689. The second-order valence-corrected chi connectivity index (χ2v) is 9.96. The molecule has 34 heavy (non-hydrogen) atoms. The van der Waals surface area contributed by atoms with Gasteiger partial charge in [-0.15, -0.1) is 0 Å². The number of aliphatic hydroxyl groups excluding tert-OH is 1. The first kappa shape index (κ1) is 23.5. The highest BCUT2D eigenvalue weighted by Crippen LogP contribution is 2.31. The van der Waals surface area contributed by atoms with Crippen molar-refractivity contribution >= 4 is 5.91 Å². The van der Waals surface area contributed by atoms with Crippen LogP contribution in [0.3, 0.4) is 0 Å². The Morgan fingerprint density at radius 2 is 1.85 bits per heavy atom. The lowest BCUT2D eigenvalue weighted by Crippen LogP contribution is -2.46.